The molecule has 24 heavy (non-hydrogen) atoms. The molecule has 4 heteroatoms. The van der Waals surface area contributed by atoms with Crippen LogP contribution in [0.15, 0.2) is 24.3 Å². The third-order valence-electron chi connectivity index (χ3n) is 5.66. The minimum atomic E-state index is 0.118. The van der Waals surface area contributed by atoms with E-state index in [1.54, 1.807) is 0 Å². The van der Waals surface area contributed by atoms with Gasteiger partial charge in [-0.1, -0.05) is 13.0 Å². The van der Waals surface area contributed by atoms with Crippen molar-refractivity contribution in [3.05, 3.63) is 29.8 Å². The number of amides is 1. The number of benzene rings is 1. The van der Waals surface area contributed by atoms with Crippen LogP contribution in [0.2, 0.25) is 0 Å². The van der Waals surface area contributed by atoms with E-state index in [4.69, 9.17) is 0 Å². The number of rotatable bonds is 4. The average Bonchev–Trinajstić information content (AvgIpc) is 2.63. The minimum absolute atomic E-state index is 0.118. The van der Waals surface area contributed by atoms with Crippen molar-refractivity contribution in [1.29, 1.82) is 0 Å². The zero-order chi connectivity index (χ0) is 16.9. The number of hydrogen-bond donors (Lipinski definition) is 2. The first-order valence-corrected chi connectivity index (χ1v) is 9.42. The summed E-state index contributed by atoms with van der Waals surface area (Å²) in [5, 5.41) is 12.8. The molecule has 0 aromatic heterocycles. The van der Waals surface area contributed by atoms with Crippen LogP contribution in [-0.2, 0) is 0 Å². The first-order valence-electron chi connectivity index (χ1n) is 9.42. The summed E-state index contributed by atoms with van der Waals surface area (Å²) in [6, 6.07) is 8.48. The molecule has 4 nitrogen and oxygen atoms in total. The Hall–Kier alpha value is -1.55. The second-order valence-corrected chi connectivity index (χ2v) is 7.60. The van der Waals surface area contributed by atoms with Crippen molar-refractivity contribution in [2.24, 2.45) is 11.8 Å². The van der Waals surface area contributed by atoms with Gasteiger partial charge in [-0.25, -0.2) is 0 Å². The number of likely N-dealkylation sites (tertiary alicyclic amines) is 1. The van der Waals surface area contributed by atoms with Gasteiger partial charge in [-0.2, -0.15) is 0 Å². The Morgan fingerprint density at radius 3 is 2.54 bits per heavy atom. The smallest absolute Gasteiger partial charge is 0.253 e. The lowest BCUT2D eigenvalue weighted by Gasteiger charge is -2.31. The van der Waals surface area contributed by atoms with Crippen LogP contribution in [-0.4, -0.2) is 41.7 Å². The number of nitrogens with one attached hydrogen (secondary N) is 1. The van der Waals surface area contributed by atoms with E-state index in [-0.39, 0.29) is 12.5 Å². The van der Waals surface area contributed by atoms with Crippen molar-refractivity contribution in [3.8, 4) is 0 Å². The predicted molar refractivity (Wildman–Crippen MR) is 97.2 cm³/mol. The van der Waals surface area contributed by atoms with Gasteiger partial charge in [-0.05, 0) is 68.6 Å². The normalized spacial score (nSPS) is 25.5. The van der Waals surface area contributed by atoms with Crippen LogP contribution in [0.3, 0.4) is 0 Å². The standard InChI is InChI=1S/C20H30N2O2/c1-15-5-7-18(8-6-15)21-19-4-2-3-17(13-19)20(24)22-11-9-16(14-23)10-12-22/h2-4,13,15-16,18,21,23H,5-12,14H2,1H3. The van der Waals surface area contributed by atoms with Crippen molar-refractivity contribution >= 4 is 11.6 Å². The fourth-order valence-corrected chi connectivity index (χ4v) is 3.88. The number of piperidine rings is 1. The van der Waals surface area contributed by atoms with Crippen molar-refractivity contribution in [3.63, 3.8) is 0 Å². The second-order valence-electron chi connectivity index (χ2n) is 7.60. The molecule has 3 rings (SSSR count). The van der Waals surface area contributed by atoms with Crippen LogP contribution in [0, 0.1) is 11.8 Å². The van der Waals surface area contributed by atoms with Crippen LogP contribution >= 0.6 is 0 Å². The lowest BCUT2D eigenvalue weighted by molar-refractivity contribution is 0.0651. The lowest BCUT2D eigenvalue weighted by Crippen LogP contribution is -2.39. The molecule has 1 heterocycles. The zero-order valence-corrected chi connectivity index (χ0v) is 14.7. The van der Waals surface area contributed by atoms with Gasteiger partial charge in [0.05, 0.1) is 0 Å². The highest BCUT2D eigenvalue weighted by Crippen LogP contribution is 2.26. The molecule has 0 unspecified atom stereocenters. The molecule has 1 aliphatic carbocycles. The van der Waals surface area contributed by atoms with Crippen molar-refractivity contribution in [2.75, 3.05) is 25.0 Å². The maximum Gasteiger partial charge on any atom is 0.253 e. The molecule has 1 saturated carbocycles. The van der Waals surface area contributed by atoms with Crippen LogP contribution in [0.5, 0.6) is 0 Å². The van der Waals surface area contributed by atoms with E-state index in [0.717, 1.165) is 43.1 Å². The predicted octanol–water partition coefficient (Wildman–Crippen LogP) is 3.52. The number of carbonyl (C=O) groups is 1. The van der Waals surface area contributed by atoms with Crippen LogP contribution in [0.4, 0.5) is 5.69 Å². The third-order valence-corrected chi connectivity index (χ3v) is 5.66. The Balaban J connectivity index is 1.59. The van der Waals surface area contributed by atoms with E-state index in [2.05, 4.69) is 18.3 Å². The SMILES string of the molecule is CC1CCC(Nc2cccc(C(=O)N3CCC(CO)CC3)c2)CC1. The van der Waals surface area contributed by atoms with Crippen molar-refractivity contribution in [1.82, 2.24) is 4.90 Å². The molecule has 1 aromatic rings. The van der Waals surface area contributed by atoms with Gasteiger partial charge in [0, 0.05) is 37.0 Å². The van der Waals surface area contributed by atoms with E-state index in [1.807, 2.05) is 23.1 Å². The highest BCUT2D eigenvalue weighted by atomic mass is 16.3. The summed E-state index contributed by atoms with van der Waals surface area (Å²) in [4.78, 5) is 14.6. The Morgan fingerprint density at radius 1 is 1.17 bits per heavy atom. The van der Waals surface area contributed by atoms with Crippen molar-refractivity contribution in [2.45, 2.75) is 51.5 Å². The molecule has 2 aliphatic rings. The molecular weight excluding hydrogens is 300 g/mol. The third kappa shape index (κ3) is 4.29. The highest BCUT2D eigenvalue weighted by molar-refractivity contribution is 5.95. The van der Waals surface area contributed by atoms with E-state index in [0.29, 0.717) is 12.0 Å². The molecule has 0 radical (unpaired) electrons. The molecule has 2 fully saturated rings. The Morgan fingerprint density at radius 2 is 1.88 bits per heavy atom. The summed E-state index contributed by atoms with van der Waals surface area (Å²) < 4.78 is 0. The number of nitrogens with zero attached hydrogens (tertiary/aromatic N) is 1. The summed E-state index contributed by atoms with van der Waals surface area (Å²) >= 11 is 0. The summed E-state index contributed by atoms with van der Waals surface area (Å²) in [6.45, 7) is 4.07. The van der Waals surface area contributed by atoms with Crippen LogP contribution < -0.4 is 5.32 Å². The Bertz CT molecular complexity index is 544. The van der Waals surface area contributed by atoms with Gasteiger partial charge in [0.15, 0.2) is 0 Å². The van der Waals surface area contributed by atoms with Gasteiger partial charge in [-0.3, -0.25) is 4.79 Å². The molecule has 132 valence electrons. The average molecular weight is 330 g/mol. The zero-order valence-electron chi connectivity index (χ0n) is 14.7. The summed E-state index contributed by atoms with van der Waals surface area (Å²) in [6.07, 6.45) is 6.81. The van der Waals surface area contributed by atoms with E-state index < -0.39 is 0 Å². The molecule has 1 amide bonds. The van der Waals surface area contributed by atoms with E-state index >= 15 is 0 Å². The minimum Gasteiger partial charge on any atom is -0.396 e. The van der Waals surface area contributed by atoms with Crippen molar-refractivity contribution < 1.29 is 9.90 Å². The molecule has 1 aromatic carbocycles. The first kappa shape index (κ1) is 17.3. The maximum atomic E-state index is 12.7. The number of hydrogen-bond acceptors (Lipinski definition) is 3. The number of aliphatic hydroxyl groups excluding tert-OH is 1. The summed E-state index contributed by atoms with van der Waals surface area (Å²) in [5.74, 6) is 1.32. The number of carbonyl (C=O) groups excluding carboxylic acids is 1. The second kappa shape index (κ2) is 8.02. The van der Waals surface area contributed by atoms with Gasteiger partial charge in [-0.15, -0.1) is 0 Å². The van der Waals surface area contributed by atoms with Crippen LogP contribution in [0.25, 0.3) is 0 Å². The van der Waals surface area contributed by atoms with Gasteiger partial charge in [0.1, 0.15) is 0 Å². The fraction of sp³-hybridized carbons (Fsp3) is 0.650. The van der Waals surface area contributed by atoms with Gasteiger partial charge in [0.25, 0.3) is 5.91 Å². The quantitative estimate of drug-likeness (QED) is 0.888. The molecule has 1 aliphatic heterocycles. The maximum absolute atomic E-state index is 12.7. The number of anilines is 1. The largest absolute Gasteiger partial charge is 0.396 e. The molecule has 0 atom stereocenters. The summed E-state index contributed by atoms with van der Waals surface area (Å²) in [7, 11) is 0. The van der Waals surface area contributed by atoms with Crippen LogP contribution in [0.1, 0.15) is 55.8 Å². The fourth-order valence-electron chi connectivity index (χ4n) is 3.88. The summed E-state index contributed by atoms with van der Waals surface area (Å²) in [5.41, 5.74) is 1.83. The molecule has 0 bridgehead atoms. The van der Waals surface area contributed by atoms with Gasteiger partial charge >= 0.3 is 0 Å². The monoisotopic (exact) mass is 330 g/mol. The molecule has 2 N–H and O–H groups in total. The Kier molecular flexibility index (Phi) is 5.77. The highest BCUT2D eigenvalue weighted by Gasteiger charge is 2.23. The number of aliphatic hydroxyl groups is 1. The molecular formula is C20H30N2O2. The van der Waals surface area contributed by atoms with E-state index in [9.17, 15) is 9.90 Å². The lowest BCUT2D eigenvalue weighted by atomic mass is 9.87. The van der Waals surface area contributed by atoms with Gasteiger partial charge < -0.3 is 15.3 Å². The topological polar surface area (TPSA) is 52.6 Å². The molecule has 0 spiro atoms. The Labute approximate surface area is 145 Å². The van der Waals surface area contributed by atoms with Gasteiger partial charge in [0.2, 0.25) is 0 Å². The first-order chi connectivity index (χ1) is 11.7. The van der Waals surface area contributed by atoms with E-state index in [1.165, 1.54) is 25.7 Å². The molecule has 1 saturated heterocycles.